The van der Waals surface area contributed by atoms with Gasteiger partial charge in [-0.05, 0) is 48.7 Å². The molecule has 0 radical (unpaired) electrons. The van der Waals surface area contributed by atoms with Crippen molar-refractivity contribution < 1.29 is 13.5 Å². The van der Waals surface area contributed by atoms with Crippen molar-refractivity contribution in [2.24, 2.45) is 5.84 Å². The first-order valence-corrected chi connectivity index (χ1v) is 6.76. The Morgan fingerprint density at radius 1 is 1.10 bits per heavy atom. The summed E-state index contributed by atoms with van der Waals surface area (Å²) in [7, 11) is 0. The van der Waals surface area contributed by atoms with Gasteiger partial charge in [-0.3, -0.25) is 11.3 Å². The molecule has 5 heteroatoms. The molecule has 21 heavy (non-hydrogen) atoms. The zero-order valence-corrected chi connectivity index (χ0v) is 11.8. The zero-order chi connectivity index (χ0) is 15.2. The molecule has 2 rings (SSSR count). The average molecular weight is 292 g/mol. The number of nitrogens with one attached hydrogen (secondary N) is 1. The van der Waals surface area contributed by atoms with Crippen LogP contribution in [-0.2, 0) is 6.42 Å². The van der Waals surface area contributed by atoms with Gasteiger partial charge in [-0.25, -0.2) is 8.78 Å². The molecule has 0 aromatic heterocycles. The predicted molar refractivity (Wildman–Crippen MR) is 77.7 cm³/mol. The van der Waals surface area contributed by atoms with Gasteiger partial charge in [0.2, 0.25) is 0 Å². The standard InChI is InChI=1S/C16H18F2N2O/c1-2-21-15-5-3-12(4-6-15)16(20-19)9-11-7-13(17)10-14(18)8-11/h3-8,10,16,20H,2,9,19H2,1H3. The summed E-state index contributed by atoms with van der Waals surface area (Å²) in [6.07, 6.45) is 0.388. The SMILES string of the molecule is CCOc1ccc(C(Cc2cc(F)cc(F)c2)NN)cc1. The van der Waals surface area contributed by atoms with Crippen LogP contribution in [-0.4, -0.2) is 6.61 Å². The van der Waals surface area contributed by atoms with Crippen LogP contribution in [0.2, 0.25) is 0 Å². The number of rotatable bonds is 6. The summed E-state index contributed by atoms with van der Waals surface area (Å²) in [6.45, 7) is 2.51. The Morgan fingerprint density at radius 3 is 2.24 bits per heavy atom. The summed E-state index contributed by atoms with van der Waals surface area (Å²) in [5.74, 6) is 5.15. The maximum atomic E-state index is 13.2. The van der Waals surface area contributed by atoms with Gasteiger partial charge in [0.25, 0.3) is 0 Å². The van der Waals surface area contributed by atoms with E-state index >= 15 is 0 Å². The topological polar surface area (TPSA) is 47.3 Å². The molecule has 3 N–H and O–H groups in total. The molecule has 0 spiro atoms. The van der Waals surface area contributed by atoms with Crippen LogP contribution in [0.4, 0.5) is 8.78 Å². The number of hydrazine groups is 1. The Bertz CT molecular complexity index is 567. The second-order valence-corrected chi connectivity index (χ2v) is 4.70. The lowest BCUT2D eigenvalue weighted by atomic mass is 9.99. The van der Waals surface area contributed by atoms with Crippen LogP contribution in [0.3, 0.4) is 0 Å². The van der Waals surface area contributed by atoms with Crippen LogP contribution in [0.15, 0.2) is 42.5 Å². The van der Waals surface area contributed by atoms with Gasteiger partial charge in [-0.2, -0.15) is 0 Å². The Morgan fingerprint density at radius 2 is 1.71 bits per heavy atom. The molecular weight excluding hydrogens is 274 g/mol. The summed E-state index contributed by atoms with van der Waals surface area (Å²) in [6, 6.07) is 10.7. The van der Waals surface area contributed by atoms with E-state index in [-0.39, 0.29) is 6.04 Å². The fourth-order valence-corrected chi connectivity index (χ4v) is 2.20. The van der Waals surface area contributed by atoms with E-state index in [4.69, 9.17) is 10.6 Å². The minimum absolute atomic E-state index is 0.234. The van der Waals surface area contributed by atoms with E-state index in [9.17, 15) is 8.78 Å². The van der Waals surface area contributed by atoms with Gasteiger partial charge in [-0.1, -0.05) is 12.1 Å². The average Bonchev–Trinajstić information content (AvgIpc) is 2.45. The third kappa shape index (κ3) is 4.24. The smallest absolute Gasteiger partial charge is 0.126 e. The molecule has 0 saturated carbocycles. The highest BCUT2D eigenvalue weighted by Gasteiger charge is 2.12. The van der Waals surface area contributed by atoms with Gasteiger partial charge in [0.1, 0.15) is 17.4 Å². The second kappa shape index (κ2) is 7.15. The number of benzene rings is 2. The summed E-state index contributed by atoms with van der Waals surface area (Å²) in [5.41, 5.74) is 4.14. The lowest BCUT2D eigenvalue weighted by Gasteiger charge is -2.17. The Kier molecular flexibility index (Phi) is 5.25. The molecule has 0 fully saturated rings. The minimum atomic E-state index is -0.590. The highest BCUT2D eigenvalue weighted by atomic mass is 19.1. The molecule has 1 unspecified atom stereocenters. The molecule has 2 aromatic carbocycles. The van der Waals surface area contributed by atoms with E-state index in [1.807, 2.05) is 31.2 Å². The summed E-state index contributed by atoms with van der Waals surface area (Å²) < 4.78 is 31.8. The summed E-state index contributed by atoms with van der Waals surface area (Å²) in [4.78, 5) is 0. The van der Waals surface area contributed by atoms with Crippen LogP contribution in [0.5, 0.6) is 5.75 Å². The monoisotopic (exact) mass is 292 g/mol. The molecule has 0 aliphatic carbocycles. The van der Waals surface area contributed by atoms with Crippen LogP contribution < -0.4 is 16.0 Å². The van der Waals surface area contributed by atoms with Gasteiger partial charge in [0.05, 0.1) is 6.61 Å². The van der Waals surface area contributed by atoms with Crippen LogP contribution in [0.1, 0.15) is 24.1 Å². The number of hydrogen-bond acceptors (Lipinski definition) is 3. The molecule has 0 amide bonds. The molecule has 112 valence electrons. The number of nitrogens with two attached hydrogens (primary N) is 1. The van der Waals surface area contributed by atoms with Gasteiger partial charge >= 0.3 is 0 Å². The van der Waals surface area contributed by atoms with Crippen molar-refractivity contribution >= 4 is 0 Å². The number of hydrogen-bond donors (Lipinski definition) is 2. The first-order valence-electron chi connectivity index (χ1n) is 6.76. The molecule has 3 nitrogen and oxygen atoms in total. The van der Waals surface area contributed by atoms with Crippen molar-refractivity contribution in [1.29, 1.82) is 0 Å². The first kappa shape index (κ1) is 15.4. The Hall–Kier alpha value is -1.98. The van der Waals surface area contributed by atoms with Gasteiger partial charge in [0.15, 0.2) is 0 Å². The summed E-state index contributed by atoms with van der Waals surface area (Å²) in [5, 5.41) is 0. The normalized spacial score (nSPS) is 12.2. The van der Waals surface area contributed by atoms with Crippen molar-refractivity contribution in [3.63, 3.8) is 0 Å². The highest BCUT2D eigenvalue weighted by molar-refractivity contribution is 5.30. The maximum absolute atomic E-state index is 13.2. The quantitative estimate of drug-likeness (QED) is 0.635. The molecule has 0 aliphatic heterocycles. The van der Waals surface area contributed by atoms with Crippen molar-refractivity contribution in [3.8, 4) is 5.75 Å². The second-order valence-electron chi connectivity index (χ2n) is 4.70. The van der Waals surface area contributed by atoms with Crippen molar-refractivity contribution in [3.05, 3.63) is 65.2 Å². The van der Waals surface area contributed by atoms with E-state index in [1.54, 1.807) is 0 Å². The Labute approximate surface area is 122 Å². The molecule has 0 saturated heterocycles. The van der Waals surface area contributed by atoms with Gasteiger partial charge in [0, 0.05) is 12.1 Å². The first-order chi connectivity index (χ1) is 10.1. The third-order valence-electron chi connectivity index (χ3n) is 3.16. The van der Waals surface area contributed by atoms with E-state index < -0.39 is 11.6 Å². The van der Waals surface area contributed by atoms with E-state index in [2.05, 4.69) is 5.43 Å². The lowest BCUT2D eigenvalue weighted by molar-refractivity contribution is 0.340. The molecule has 0 bridgehead atoms. The van der Waals surface area contributed by atoms with Crippen molar-refractivity contribution in [2.75, 3.05) is 6.61 Å². The van der Waals surface area contributed by atoms with Crippen molar-refractivity contribution in [1.82, 2.24) is 5.43 Å². The largest absolute Gasteiger partial charge is 0.494 e. The number of ether oxygens (including phenoxy) is 1. The number of halogens is 2. The van der Waals surface area contributed by atoms with Crippen molar-refractivity contribution in [2.45, 2.75) is 19.4 Å². The molecular formula is C16H18F2N2O. The molecule has 0 aliphatic rings. The van der Waals surface area contributed by atoms with Crippen LogP contribution in [0, 0.1) is 11.6 Å². The predicted octanol–water partition coefficient (Wildman–Crippen LogP) is 3.11. The zero-order valence-electron chi connectivity index (χ0n) is 11.8. The minimum Gasteiger partial charge on any atom is -0.494 e. The fourth-order valence-electron chi connectivity index (χ4n) is 2.20. The highest BCUT2D eigenvalue weighted by Crippen LogP contribution is 2.21. The van der Waals surface area contributed by atoms with E-state index in [0.717, 1.165) is 17.4 Å². The van der Waals surface area contributed by atoms with Gasteiger partial charge < -0.3 is 4.74 Å². The fraction of sp³-hybridized carbons (Fsp3) is 0.250. The van der Waals surface area contributed by atoms with Gasteiger partial charge in [-0.15, -0.1) is 0 Å². The van der Waals surface area contributed by atoms with E-state index in [0.29, 0.717) is 18.6 Å². The van der Waals surface area contributed by atoms with Crippen LogP contribution in [0.25, 0.3) is 0 Å². The third-order valence-corrected chi connectivity index (χ3v) is 3.16. The lowest BCUT2D eigenvalue weighted by Crippen LogP contribution is -2.29. The summed E-state index contributed by atoms with van der Waals surface area (Å²) >= 11 is 0. The molecule has 1 atom stereocenters. The Balaban J connectivity index is 2.15. The maximum Gasteiger partial charge on any atom is 0.126 e. The molecule has 0 heterocycles. The molecule has 2 aromatic rings. The van der Waals surface area contributed by atoms with E-state index in [1.165, 1.54) is 12.1 Å². The van der Waals surface area contributed by atoms with Crippen LogP contribution >= 0.6 is 0 Å².